The number of hydrogen-bond donors (Lipinski definition) is 2. The van der Waals surface area contributed by atoms with Gasteiger partial charge in [0.05, 0.1) is 73.8 Å². The highest BCUT2D eigenvalue weighted by molar-refractivity contribution is 5.54. The van der Waals surface area contributed by atoms with Gasteiger partial charge in [0.1, 0.15) is 13.2 Å². The highest BCUT2D eigenvalue weighted by Crippen LogP contribution is 2.35. The van der Waals surface area contributed by atoms with Gasteiger partial charge in [-0.1, -0.05) is 0 Å². The van der Waals surface area contributed by atoms with Crippen molar-refractivity contribution in [3.05, 3.63) is 55.6 Å². The molecule has 0 aliphatic rings. The molecule has 0 amide bonds. The summed E-state index contributed by atoms with van der Waals surface area (Å²) in [5, 5.41) is 40.8. The number of aliphatic hydroxyl groups is 2. The number of benzene rings is 2. The normalized spacial score (nSPS) is 10.5. The number of nitro groups is 2. The largest absolute Gasteiger partial charge is 0.493 e. The number of methoxy groups -OCH3 is 2. The summed E-state index contributed by atoms with van der Waals surface area (Å²) in [5.41, 5.74) is -0.392. The Morgan fingerprint density at radius 1 is 0.697 bits per heavy atom. The van der Waals surface area contributed by atoms with Crippen LogP contribution in [-0.2, 0) is 18.0 Å². The minimum atomic E-state index is -0.628. The molecular formula is C20H24N2O11. The summed E-state index contributed by atoms with van der Waals surface area (Å²) in [6.07, 6.45) is 0. The van der Waals surface area contributed by atoms with E-state index < -0.39 is 23.1 Å². The molecular weight excluding hydrogens is 444 g/mol. The second-order valence-corrected chi connectivity index (χ2v) is 6.40. The van der Waals surface area contributed by atoms with Crippen LogP contribution in [0.25, 0.3) is 0 Å². The lowest BCUT2D eigenvalue weighted by Gasteiger charge is -2.13. The summed E-state index contributed by atoms with van der Waals surface area (Å²) < 4.78 is 26.6. The van der Waals surface area contributed by atoms with Crippen molar-refractivity contribution in [3.63, 3.8) is 0 Å². The van der Waals surface area contributed by atoms with Crippen molar-refractivity contribution in [2.45, 2.75) is 13.2 Å². The number of nitrogens with zero attached hydrogens (tertiary/aromatic N) is 2. The smallest absolute Gasteiger partial charge is 0.278 e. The topological polar surface area (TPSA) is 173 Å². The highest BCUT2D eigenvalue weighted by Gasteiger charge is 2.20. The molecule has 0 heterocycles. The summed E-state index contributed by atoms with van der Waals surface area (Å²) in [6.45, 7) is -0.719. The van der Waals surface area contributed by atoms with Crippen molar-refractivity contribution in [3.8, 4) is 23.0 Å². The maximum Gasteiger partial charge on any atom is 0.278 e. The first-order valence-electron chi connectivity index (χ1n) is 9.61. The Balaban J connectivity index is 1.88. The van der Waals surface area contributed by atoms with Crippen LogP contribution < -0.4 is 18.9 Å². The molecule has 2 N–H and O–H groups in total. The van der Waals surface area contributed by atoms with Gasteiger partial charge in [-0.3, -0.25) is 20.2 Å². The molecule has 33 heavy (non-hydrogen) atoms. The monoisotopic (exact) mass is 468 g/mol. The fourth-order valence-electron chi connectivity index (χ4n) is 2.84. The van der Waals surface area contributed by atoms with E-state index in [0.29, 0.717) is 0 Å². The van der Waals surface area contributed by atoms with Gasteiger partial charge >= 0.3 is 0 Å². The van der Waals surface area contributed by atoms with Gasteiger partial charge in [-0.15, -0.1) is 0 Å². The summed E-state index contributed by atoms with van der Waals surface area (Å²) in [6, 6.07) is 5.00. The van der Waals surface area contributed by atoms with Crippen molar-refractivity contribution < 1.29 is 43.7 Å². The molecule has 0 atom stereocenters. The molecule has 2 aromatic rings. The van der Waals surface area contributed by atoms with Gasteiger partial charge in [0, 0.05) is 0 Å². The van der Waals surface area contributed by atoms with Gasteiger partial charge in [-0.05, 0) is 12.1 Å². The number of hydrogen-bond acceptors (Lipinski definition) is 11. The molecule has 0 aliphatic carbocycles. The maximum absolute atomic E-state index is 11.1. The van der Waals surface area contributed by atoms with Gasteiger partial charge in [0.2, 0.25) is 0 Å². The lowest BCUT2D eigenvalue weighted by atomic mass is 10.1. The zero-order valence-corrected chi connectivity index (χ0v) is 18.0. The van der Waals surface area contributed by atoms with E-state index in [4.69, 9.17) is 23.7 Å². The lowest BCUT2D eigenvalue weighted by molar-refractivity contribution is -0.386. The number of aliphatic hydroxyl groups excluding tert-OH is 2. The van der Waals surface area contributed by atoms with E-state index in [0.717, 1.165) is 0 Å². The van der Waals surface area contributed by atoms with Crippen molar-refractivity contribution >= 4 is 11.4 Å². The van der Waals surface area contributed by atoms with Crippen molar-refractivity contribution in [1.29, 1.82) is 0 Å². The second kappa shape index (κ2) is 12.4. The van der Waals surface area contributed by atoms with Gasteiger partial charge in [0.25, 0.3) is 11.4 Å². The number of rotatable bonds is 14. The molecule has 0 aromatic heterocycles. The molecule has 0 unspecified atom stereocenters. The molecule has 2 aromatic carbocycles. The first-order valence-corrected chi connectivity index (χ1v) is 9.61. The summed E-state index contributed by atoms with van der Waals surface area (Å²) in [7, 11) is 2.74. The van der Waals surface area contributed by atoms with Crippen LogP contribution in [0.4, 0.5) is 11.4 Å². The van der Waals surface area contributed by atoms with E-state index in [-0.39, 0.29) is 71.9 Å². The Labute approximate surface area is 188 Å². The zero-order chi connectivity index (χ0) is 24.4. The maximum atomic E-state index is 11.1. The van der Waals surface area contributed by atoms with E-state index in [1.165, 1.54) is 38.5 Å². The summed E-state index contributed by atoms with van der Waals surface area (Å²) >= 11 is 0. The Hall–Kier alpha value is -3.68. The highest BCUT2D eigenvalue weighted by atomic mass is 16.6. The molecule has 0 saturated carbocycles. The minimum absolute atomic E-state index is 0.0476. The molecule has 13 nitrogen and oxygen atoms in total. The lowest BCUT2D eigenvalue weighted by Crippen LogP contribution is -2.13. The minimum Gasteiger partial charge on any atom is -0.493 e. The molecule has 0 saturated heterocycles. The van der Waals surface area contributed by atoms with Crippen molar-refractivity contribution in [1.82, 2.24) is 0 Å². The van der Waals surface area contributed by atoms with Gasteiger partial charge < -0.3 is 33.9 Å². The average molecular weight is 468 g/mol. The van der Waals surface area contributed by atoms with Gasteiger partial charge in [0.15, 0.2) is 23.0 Å². The van der Waals surface area contributed by atoms with Crippen molar-refractivity contribution in [2.75, 3.05) is 40.6 Å². The summed E-state index contributed by atoms with van der Waals surface area (Å²) in [4.78, 5) is 21.0. The Kier molecular flexibility index (Phi) is 9.60. The van der Waals surface area contributed by atoms with Gasteiger partial charge in [-0.25, -0.2) is 0 Å². The van der Waals surface area contributed by atoms with E-state index in [2.05, 4.69) is 0 Å². The second-order valence-electron chi connectivity index (χ2n) is 6.40. The molecule has 0 spiro atoms. The fourth-order valence-corrected chi connectivity index (χ4v) is 2.84. The SMILES string of the molecule is COc1cc(CO)c([N+](=O)[O-])cc1OCCOCCOc1cc([N+](=O)[O-])c(CO)cc1OC. The fraction of sp³-hybridized carbons (Fsp3) is 0.400. The van der Waals surface area contributed by atoms with Crippen LogP contribution in [0.5, 0.6) is 23.0 Å². The molecule has 0 bridgehead atoms. The number of nitro benzene ring substituents is 2. The molecule has 2 rings (SSSR count). The van der Waals surface area contributed by atoms with E-state index >= 15 is 0 Å². The molecule has 180 valence electrons. The van der Waals surface area contributed by atoms with Crippen LogP contribution in [0.3, 0.4) is 0 Å². The van der Waals surface area contributed by atoms with Crippen LogP contribution in [-0.4, -0.2) is 60.7 Å². The standard InChI is InChI=1S/C20H24N2O11/c1-29-17-7-13(11-23)15(21(25)26)9-19(17)32-5-3-31-4-6-33-20-10-16(22(27)28)14(12-24)8-18(20)30-2/h7-10,23-24H,3-6,11-12H2,1-2H3. The zero-order valence-electron chi connectivity index (χ0n) is 18.0. The van der Waals surface area contributed by atoms with Crippen LogP contribution in [0, 0.1) is 20.2 Å². The van der Waals surface area contributed by atoms with Crippen LogP contribution >= 0.6 is 0 Å². The third kappa shape index (κ3) is 6.65. The quantitative estimate of drug-likeness (QED) is 0.236. The Morgan fingerprint density at radius 3 is 1.39 bits per heavy atom. The first-order chi connectivity index (χ1) is 15.9. The average Bonchev–Trinajstić information content (AvgIpc) is 2.82. The predicted octanol–water partition coefficient (Wildman–Crippen LogP) is 1.98. The van der Waals surface area contributed by atoms with Crippen LogP contribution in [0.2, 0.25) is 0 Å². The number of ether oxygens (including phenoxy) is 5. The molecule has 0 fully saturated rings. The Morgan fingerprint density at radius 2 is 1.09 bits per heavy atom. The third-order valence-corrected chi connectivity index (χ3v) is 4.43. The van der Waals surface area contributed by atoms with Crippen LogP contribution in [0.1, 0.15) is 11.1 Å². The third-order valence-electron chi connectivity index (χ3n) is 4.43. The molecule has 0 radical (unpaired) electrons. The first kappa shape index (κ1) is 25.6. The summed E-state index contributed by atoms with van der Waals surface area (Å²) in [5.74, 6) is 0.713. The molecule has 13 heteroatoms. The molecule has 0 aliphatic heterocycles. The van der Waals surface area contributed by atoms with E-state index in [1.54, 1.807) is 0 Å². The van der Waals surface area contributed by atoms with E-state index in [9.17, 15) is 30.4 Å². The van der Waals surface area contributed by atoms with Crippen LogP contribution in [0.15, 0.2) is 24.3 Å². The Bertz CT molecular complexity index is 903. The van der Waals surface area contributed by atoms with E-state index in [1.807, 2.05) is 0 Å². The van der Waals surface area contributed by atoms with Crippen molar-refractivity contribution in [2.24, 2.45) is 0 Å². The predicted molar refractivity (Wildman–Crippen MR) is 113 cm³/mol. The van der Waals surface area contributed by atoms with Gasteiger partial charge in [-0.2, -0.15) is 0 Å².